The molecule has 0 fully saturated rings. The van der Waals surface area contributed by atoms with Gasteiger partial charge in [-0.1, -0.05) is 0 Å². The lowest BCUT2D eigenvalue weighted by molar-refractivity contribution is 0.0797. The van der Waals surface area contributed by atoms with E-state index in [1.165, 1.54) is 0 Å². The van der Waals surface area contributed by atoms with Crippen molar-refractivity contribution in [3.05, 3.63) is 23.5 Å². The second-order valence-corrected chi connectivity index (χ2v) is 3.18. The van der Waals surface area contributed by atoms with Gasteiger partial charge in [-0.2, -0.15) is 0 Å². The molecule has 1 aliphatic rings. The van der Waals surface area contributed by atoms with Gasteiger partial charge in [-0.25, -0.2) is 0 Å². The number of Topliss-reactive ketones (excluding diaryl/α,β-unsaturated/α-hetero) is 1. The molecule has 1 aromatic heterocycles. The molecule has 0 aromatic carbocycles. The van der Waals surface area contributed by atoms with Crippen molar-refractivity contribution in [1.82, 2.24) is 9.88 Å². The maximum atomic E-state index is 11.6. The van der Waals surface area contributed by atoms with Gasteiger partial charge in [0.1, 0.15) is 0 Å². The third-order valence-corrected chi connectivity index (χ3v) is 2.30. The molecule has 0 atom stereocenters. The molecule has 0 saturated heterocycles. The van der Waals surface area contributed by atoms with Crippen molar-refractivity contribution in [1.29, 1.82) is 0 Å². The maximum Gasteiger partial charge on any atom is 0.255 e. The monoisotopic (exact) mass is 178 g/mol. The van der Waals surface area contributed by atoms with E-state index < -0.39 is 0 Å². The number of ketones is 1. The van der Waals surface area contributed by atoms with E-state index in [0.29, 0.717) is 24.1 Å². The molecule has 4 nitrogen and oxygen atoms in total. The van der Waals surface area contributed by atoms with Crippen molar-refractivity contribution < 1.29 is 9.59 Å². The average molecular weight is 178 g/mol. The Hall–Kier alpha value is -1.58. The average Bonchev–Trinajstić information content (AvgIpc) is 2.57. The van der Waals surface area contributed by atoms with Gasteiger partial charge in [0.25, 0.3) is 5.91 Å². The number of nitrogens with one attached hydrogen (secondary N) is 1. The predicted molar refractivity (Wildman–Crippen MR) is 46.7 cm³/mol. The normalized spacial score (nSPS) is 17.2. The summed E-state index contributed by atoms with van der Waals surface area (Å²) in [5.41, 5.74) is 1.01. The Balaban J connectivity index is 2.52. The van der Waals surface area contributed by atoms with Gasteiger partial charge in [-0.05, 0) is 0 Å². The highest BCUT2D eigenvalue weighted by molar-refractivity contribution is 6.09. The van der Waals surface area contributed by atoms with Crippen LogP contribution in [0.5, 0.6) is 0 Å². The number of rotatable bonds is 0. The first-order chi connectivity index (χ1) is 6.20. The van der Waals surface area contributed by atoms with Gasteiger partial charge < -0.3 is 9.88 Å². The van der Waals surface area contributed by atoms with Gasteiger partial charge >= 0.3 is 0 Å². The van der Waals surface area contributed by atoms with Crippen molar-refractivity contribution in [3.8, 4) is 0 Å². The Kier molecular flexibility index (Phi) is 1.69. The minimum absolute atomic E-state index is 0.0361. The van der Waals surface area contributed by atoms with Crippen LogP contribution in [-0.4, -0.2) is 35.2 Å². The molecular formula is C9H10N2O2. The fraction of sp³-hybridized carbons (Fsp3) is 0.333. The zero-order valence-electron chi connectivity index (χ0n) is 7.33. The van der Waals surface area contributed by atoms with Crippen molar-refractivity contribution in [2.75, 3.05) is 13.6 Å². The number of aromatic nitrogens is 1. The van der Waals surface area contributed by atoms with Gasteiger partial charge in [0, 0.05) is 38.0 Å². The lowest BCUT2D eigenvalue weighted by atomic mass is 10.1. The summed E-state index contributed by atoms with van der Waals surface area (Å²) in [6.07, 6.45) is 3.58. The molecule has 4 heteroatoms. The number of carbonyl (C=O) groups is 2. The number of H-pyrrole nitrogens is 1. The molecule has 13 heavy (non-hydrogen) atoms. The van der Waals surface area contributed by atoms with Crippen LogP contribution in [-0.2, 0) is 0 Å². The van der Waals surface area contributed by atoms with Crippen molar-refractivity contribution in [2.24, 2.45) is 0 Å². The van der Waals surface area contributed by atoms with Crippen LogP contribution in [0.2, 0.25) is 0 Å². The van der Waals surface area contributed by atoms with Crippen LogP contribution >= 0.6 is 0 Å². The van der Waals surface area contributed by atoms with Crippen LogP contribution in [0.1, 0.15) is 27.1 Å². The molecule has 2 heterocycles. The van der Waals surface area contributed by atoms with E-state index in [1.54, 1.807) is 24.3 Å². The predicted octanol–water partition coefficient (Wildman–Crippen LogP) is 0.673. The van der Waals surface area contributed by atoms with Crippen LogP contribution in [0, 0.1) is 0 Å². The van der Waals surface area contributed by atoms with E-state index >= 15 is 0 Å². The van der Waals surface area contributed by atoms with Crippen molar-refractivity contribution in [3.63, 3.8) is 0 Å². The first kappa shape index (κ1) is 8.04. The number of carbonyl (C=O) groups excluding carboxylic acids is 2. The standard InChI is InChI=1S/C9H10N2O2/c1-11-3-2-8(12)6-4-10-5-7(6)9(11)13/h4-5,10H,2-3H2,1H3. The first-order valence-electron chi connectivity index (χ1n) is 4.15. The van der Waals surface area contributed by atoms with Crippen LogP contribution < -0.4 is 0 Å². The third kappa shape index (κ3) is 1.14. The molecule has 68 valence electrons. The first-order valence-corrected chi connectivity index (χ1v) is 4.15. The third-order valence-electron chi connectivity index (χ3n) is 2.30. The van der Waals surface area contributed by atoms with Gasteiger partial charge in [0.2, 0.25) is 0 Å². The number of nitrogens with zero attached hydrogens (tertiary/aromatic N) is 1. The smallest absolute Gasteiger partial charge is 0.255 e. The molecule has 0 saturated carbocycles. The van der Waals surface area contributed by atoms with E-state index in [4.69, 9.17) is 0 Å². The van der Waals surface area contributed by atoms with E-state index in [9.17, 15) is 9.59 Å². The Bertz CT molecular complexity index is 367. The lowest BCUT2D eigenvalue weighted by Crippen LogP contribution is -2.26. The number of amides is 1. The molecule has 0 aliphatic carbocycles. The van der Waals surface area contributed by atoms with E-state index in [1.807, 2.05) is 0 Å². The van der Waals surface area contributed by atoms with Crippen LogP contribution in [0.25, 0.3) is 0 Å². The Labute approximate surface area is 75.5 Å². The fourth-order valence-electron chi connectivity index (χ4n) is 1.48. The highest BCUT2D eigenvalue weighted by Crippen LogP contribution is 2.16. The lowest BCUT2D eigenvalue weighted by Gasteiger charge is -2.12. The van der Waals surface area contributed by atoms with Crippen molar-refractivity contribution >= 4 is 11.7 Å². The van der Waals surface area contributed by atoms with Crippen LogP contribution in [0.3, 0.4) is 0 Å². The molecular weight excluding hydrogens is 168 g/mol. The summed E-state index contributed by atoms with van der Waals surface area (Å²) in [6, 6.07) is 0. The number of hydrogen-bond donors (Lipinski definition) is 1. The Morgan fingerprint density at radius 2 is 2.00 bits per heavy atom. The minimum atomic E-state index is -0.0814. The maximum absolute atomic E-state index is 11.6. The topological polar surface area (TPSA) is 53.2 Å². The second-order valence-electron chi connectivity index (χ2n) is 3.18. The second kappa shape index (κ2) is 2.73. The largest absolute Gasteiger partial charge is 0.366 e. The van der Waals surface area contributed by atoms with E-state index in [0.717, 1.165) is 0 Å². The fourth-order valence-corrected chi connectivity index (χ4v) is 1.48. The molecule has 0 radical (unpaired) electrons. The van der Waals surface area contributed by atoms with Crippen LogP contribution in [0.4, 0.5) is 0 Å². The zero-order valence-corrected chi connectivity index (χ0v) is 7.33. The summed E-state index contributed by atoms with van der Waals surface area (Å²) in [4.78, 5) is 27.4. The molecule has 1 N–H and O–H groups in total. The Morgan fingerprint density at radius 1 is 1.31 bits per heavy atom. The highest BCUT2D eigenvalue weighted by Gasteiger charge is 2.24. The molecule has 1 aromatic rings. The number of hydrogen-bond acceptors (Lipinski definition) is 2. The summed E-state index contributed by atoms with van der Waals surface area (Å²) in [5.74, 6) is -0.0453. The van der Waals surface area contributed by atoms with Gasteiger partial charge in [0.05, 0.1) is 5.56 Å². The summed E-state index contributed by atoms with van der Waals surface area (Å²) in [6.45, 7) is 0.506. The summed E-state index contributed by atoms with van der Waals surface area (Å²) in [7, 11) is 1.71. The Morgan fingerprint density at radius 3 is 2.77 bits per heavy atom. The van der Waals surface area contributed by atoms with E-state index in [2.05, 4.69) is 4.98 Å². The zero-order chi connectivity index (χ0) is 9.42. The molecule has 0 bridgehead atoms. The summed E-state index contributed by atoms with van der Waals surface area (Å²) < 4.78 is 0. The molecule has 1 aliphatic heterocycles. The minimum Gasteiger partial charge on any atom is -0.366 e. The number of fused-ring (bicyclic) bond motifs is 1. The summed E-state index contributed by atoms with van der Waals surface area (Å²) >= 11 is 0. The van der Waals surface area contributed by atoms with Gasteiger partial charge in [-0.15, -0.1) is 0 Å². The van der Waals surface area contributed by atoms with Gasteiger partial charge in [0.15, 0.2) is 5.78 Å². The quantitative estimate of drug-likeness (QED) is 0.635. The SMILES string of the molecule is CN1CCC(=O)c2c[nH]cc2C1=O. The molecule has 0 spiro atoms. The molecule has 0 unspecified atom stereocenters. The number of aromatic amines is 1. The van der Waals surface area contributed by atoms with Crippen molar-refractivity contribution in [2.45, 2.75) is 6.42 Å². The summed E-state index contributed by atoms with van der Waals surface area (Å²) in [5, 5.41) is 0. The molecule has 2 rings (SSSR count). The van der Waals surface area contributed by atoms with Gasteiger partial charge in [-0.3, -0.25) is 9.59 Å². The van der Waals surface area contributed by atoms with E-state index in [-0.39, 0.29) is 11.7 Å². The molecule has 1 amide bonds. The van der Waals surface area contributed by atoms with Crippen LogP contribution in [0.15, 0.2) is 12.4 Å². The highest BCUT2D eigenvalue weighted by atomic mass is 16.2.